The fourth-order valence-electron chi connectivity index (χ4n) is 4.12. The molecule has 1 saturated carbocycles. The van der Waals surface area contributed by atoms with Crippen LogP contribution in [-0.2, 0) is 9.53 Å². The van der Waals surface area contributed by atoms with E-state index in [-0.39, 0.29) is 28.9 Å². The predicted octanol–water partition coefficient (Wildman–Crippen LogP) is 1.55. The lowest BCUT2D eigenvalue weighted by Crippen LogP contribution is -3.00. The van der Waals surface area contributed by atoms with E-state index in [9.17, 15) is 9.90 Å². The van der Waals surface area contributed by atoms with Gasteiger partial charge in [0.2, 0.25) is 0 Å². The van der Waals surface area contributed by atoms with Gasteiger partial charge in [-0.2, -0.15) is 0 Å². The van der Waals surface area contributed by atoms with Gasteiger partial charge in [-0.05, 0) is 39.0 Å². The number of aliphatic hydroxyl groups excluding tert-OH is 1. The Morgan fingerprint density at radius 2 is 1.70 bits per heavy atom. The van der Waals surface area contributed by atoms with Crippen LogP contribution in [0.25, 0.3) is 0 Å². The molecule has 162 valence electrons. The van der Waals surface area contributed by atoms with Crippen LogP contribution in [0.4, 0.5) is 0 Å². The lowest BCUT2D eigenvalue weighted by molar-refractivity contribution is -0.906. The minimum atomic E-state index is -0.541. The molecule has 0 saturated heterocycles. The third-order valence-electron chi connectivity index (χ3n) is 6.60. The summed E-state index contributed by atoms with van der Waals surface area (Å²) >= 11 is 0. The second-order valence-corrected chi connectivity index (χ2v) is 8.48. The van der Waals surface area contributed by atoms with Crippen molar-refractivity contribution in [3.63, 3.8) is 0 Å². The first-order valence-corrected chi connectivity index (χ1v) is 11.2. The zero-order valence-electron chi connectivity index (χ0n) is 18.2. The molecule has 1 aliphatic carbocycles. The molecule has 0 aromatic heterocycles. The van der Waals surface area contributed by atoms with E-state index >= 15 is 0 Å². The lowest BCUT2D eigenvalue weighted by atomic mass is 9.76. The number of ether oxygens (including phenoxy) is 1. The highest BCUT2D eigenvalue weighted by Crippen LogP contribution is 2.34. The van der Waals surface area contributed by atoms with Crippen LogP contribution in [0.3, 0.4) is 0 Å². The average Bonchev–Trinajstić information content (AvgIpc) is 2.66. The normalized spacial score (nSPS) is 17.8. The number of carbonyl (C=O) groups is 1. The highest BCUT2D eigenvalue weighted by molar-refractivity contribution is 5.73. The van der Waals surface area contributed by atoms with Crippen molar-refractivity contribution in [1.82, 2.24) is 0 Å². The van der Waals surface area contributed by atoms with Gasteiger partial charge < -0.3 is 31.3 Å². The van der Waals surface area contributed by atoms with E-state index in [1.165, 1.54) is 32.1 Å². The minimum Gasteiger partial charge on any atom is -1.00 e. The summed E-state index contributed by atoms with van der Waals surface area (Å²) in [6, 6.07) is 0. The topological polar surface area (TPSA) is 46.5 Å². The van der Waals surface area contributed by atoms with E-state index < -0.39 is 6.10 Å². The van der Waals surface area contributed by atoms with Crippen LogP contribution in [0.5, 0.6) is 0 Å². The Bertz CT molecular complexity index is 382. The number of unbranched alkanes of at least 4 members (excludes halogenated alkanes) is 3. The largest absolute Gasteiger partial charge is 1.00 e. The minimum absolute atomic E-state index is 0. The maximum atomic E-state index is 12.8. The van der Waals surface area contributed by atoms with Crippen molar-refractivity contribution in [1.29, 1.82) is 0 Å². The molecule has 27 heavy (non-hydrogen) atoms. The molecule has 0 spiro atoms. The Labute approximate surface area is 178 Å². The summed E-state index contributed by atoms with van der Waals surface area (Å²) in [4.78, 5) is 12.8. The molecule has 2 atom stereocenters. The molecule has 0 heterocycles. The number of hydrogen-bond donors (Lipinski definition) is 1. The molecule has 5 heteroatoms. The van der Waals surface area contributed by atoms with Crippen LogP contribution in [0.1, 0.15) is 85.0 Å². The summed E-state index contributed by atoms with van der Waals surface area (Å²) in [5, 5.41) is 10.8. The fourth-order valence-corrected chi connectivity index (χ4v) is 4.12. The van der Waals surface area contributed by atoms with E-state index in [0.717, 1.165) is 56.2 Å². The van der Waals surface area contributed by atoms with E-state index in [0.29, 0.717) is 12.5 Å². The zero-order chi connectivity index (χ0) is 19.4. The fraction of sp³-hybridized carbons (Fsp3) is 0.955. The van der Waals surface area contributed by atoms with Crippen LogP contribution in [-0.4, -0.2) is 55.0 Å². The van der Waals surface area contributed by atoms with Crippen molar-refractivity contribution < 1.29 is 36.1 Å². The second kappa shape index (κ2) is 14.8. The van der Waals surface area contributed by atoms with Crippen molar-refractivity contribution in [2.75, 3.05) is 33.3 Å². The van der Waals surface area contributed by atoms with E-state index in [1.807, 2.05) is 0 Å². The van der Waals surface area contributed by atoms with Crippen LogP contribution in [0.2, 0.25) is 0 Å². The molecule has 1 fully saturated rings. The number of rotatable bonds is 13. The molecule has 0 aromatic rings. The Kier molecular flexibility index (Phi) is 14.7. The summed E-state index contributed by atoms with van der Waals surface area (Å²) in [7, 11) is 2.20. The Morgan fingerprint density at radius 1 is 1.07 bits per heavy atom. The van der Waals surface area contributed by atoms with Gasteiger partial charge in [0, 0.05) is 0 Å². The van der Waals surface area contributed by atoms with Crippen LogP contribution in [0, 0.1) is 11.8 Å². The van der Waals surface area contributed by atoms with Crippen molar-refractivity contribution >= 4 is 5.97 Å². The molecule has 1 N–H and O–H groups in total. The third kappa shape index (κ3) is 9.76. The van der Waals surface area contributed by atoms with Gasteiger partial charge in [-0.3, -0.25) is 4.79 Å². The number of nitrogens with zero attached hydrogens (tertiary/aromatic N) is 1. The first kappa shape index (κ1) is 26.9. The molecule has 0 bridgehead atoms. The number of halogens is 1. The molecular formula is C22H44BrNO3. The molecule has 0 radical (unpaired) electrons. The second-order valence-electron chi connectivity index (χ2n) is 8.48. The van der Waals surface area contributed by atoms with Crippen LogP contribution in [0.15, 0.2) is 0 Å². The smallest absolute Gasteiger partial charge is 0.312 e. The first-order chi connectivity index (χ1) is 12.5. The molecule has 0 amide bonds. The summed E-state index contributed by atoms with van der Waals surface area (Å²) in [5.41, 5.74) is 0. The van der Waals surface area contributed by atoms with Crippen molar-refractivity contribution in [2.45, 2.75) is 91.1 Å². The van der Waals surface area contributed by atoms with E-state index in [4.69, 9.17) is 4.74 Å². The van der Waals surface area contributed by atoms with Crippen LogP contribution >= 0.6 is 0 Å². The molecule has 4 nitrogen and oxygen atoms in total. The quantitative estimate of drug-likeness (QED) is 0.263. The van der Waals surface area contributed by atoms with Gasteiger partial charge in [0.1, 0.15) is 13.2 Å². The maximum absolute atomic E-state index is 12.8. The average molecular weight is 451 g/mol. The number of quaternary nitrogens is 1. The third-order valence-corrected chi connectivity index (χ3v) is 6.60. The number of hydrogen-bond acceptors (Lipinski definition) is 3. The molecule has 0 aliphatic heterocycles. The van der Waals surface area contributed by atoms with E-state index in [1.54, 1.807) is 0 Å². The number of esters is 1. The number of aliphatic hydroxyl groups is 1. The number of carbonyl (C=O) groups excluding carboxylic acids is 1. The summed E-state index contributed by atoms with van der Waals surface area (Å²) in [6.45, 7) is 9.94. The van der Waals surface area contributed by atoms with Gasteiger partial charge in [-0.1, -0.05) is 51.9 Å². The van der Waals surface area contributed by atoms with Gasteiger partial charge >= 0.3 is 5.97 Å². The highest BCUT2D eigenvalue weighted by Gasteiger charge is 2.36. The lowest BCUT2D eigenvalue weighted by Gasteiger charge is -2.34. The van der Waals surface area contributed by atoms with Gasteiger partial charge in [-0.15, -0.1) is 0 Å². The van der Waals surface area contributed by atoms with Gasteiger partial charge in [0.25, 0.3) is 0 Å². The molecular weight excluding hydrogens is 406 g/mol. The van der Waals surface area contributed by atoms with Crippen molar-refractivity contribution in [2.24, 2.45) is 11.8 Å². The van der Waals surface area contributed by atoms with Crippen molar-refractivity contribution in [3.05, 3.63) is 0 Å². The van der Waals surface area contributed by atoms with E-state index in [2.05, 4.69) is 27.8 Å². The maximum Gasteiger partial charge on any atom is 0.312 e. The van der Waals surface area contributed by atoms with Gasteiger partial charge in [0.15, 0.2) is 0 Å². The summed E-state index contributed by atoms with van der Waals surface area (Å²) < 4.78 is 6.61. The van der Waals surface area contributed by atoms with Crippen molar-refractivity contribution in [3.8, 4) is 0 Å². The zero-order valence-corrected chi connectivity index (χ0v) is 19.8. The summed E-state index contributed by atoms with van der Waals surface area (Å²) in [5.74, 6) is -0.173. The van der Waals surface area contributed by atoms with Gasteiger partial charge in [0.05, 0.1) is 32.2 Å². The number of likely N-dealkylation sites (N-methyl/N-ethyl adjacent to an activating group) is 1. The molecule has 1 rings (SSSR count). The summed E-state index contributed by atoms with van der Waals surface area (Å²) in [6.07, 6.45) is 10.5. The Balaban J connectivity index is 0.00000676. The predicted molar refractivity (Wildman–Crippen MR) is 108 cm³/mol. The first-order valence-electron chi connectivity index (χ1n) is 11.2. The Hall–Kier alpha value is -0.130. The molecule has 1 aliphatic rings. The highest BCUT2D eigenvalue weighted by atomic mass is 79.9. The van der Waals surface area contributed by atoms with Crippen LogP contribution < -0.4 is 17.0 Å². The Morgan fingerprint density at radius 3 is 2.26 bits per heavy atom. The standard InChI is InChI=1S/C22H44NO3.BrH/c1-5-8-9-13-16-20(24)21(19-14-11-10-12-15-19)22(25)26-18-17-23(4,6-2)7-3;/h19-21,24H,5-18H2,1-4H3;1H/q+1;/p-1. The SMILES string of the molecule is CCCCCCC(O)C(C(=O)OCC[N+](C)(CC)CC)C1CCCCC1.[Br-]. The monoisotopic (exact) mass is 449 g/mol. The van der Waals surface area contributed by atoms with Gasteiger partial charge in [-0.25, -0.2) is 0 Å². The molecule has 2 unspecified atom stereocenters. The molecule has 0 aromatic carbocycles.